The molecule has 11 heteroatoms. The Balaban J connectivity index is 1.33. The van der Waals surface area contributed by atoms with Crippen molar-refractivity contribution >= 4 is 18.2 Å². The highest BCUT2D eigenvalue weighted by Gasteiger charge is 2.32. The van der Waals surface area contributed by atoms with Crippen molar-refractivity contribution in [3.63, 3.8) is 0 Å². The van der Waals surface area contributed by atoms with E-state index < -0.39 is 24.3 Å². The van der Waals surface area contributed by atoms with E-state index in [2.05, 4.69) is 21.2 Å². The summed E-state index contributed by atoms with van der Waals surface area (Å²) in [5.41, 5.74) is 5.81. The summed E-state index contributed by atoms with van der Waals surface area (Å²) in [5.74, 6) is 0.932. The summed E-state index contributed by atoms with van der Waals surface area (Å²) in [6.45, 7) is 4.15. The Kier molecular flexibility index (Phi) is 10.4. The molecule has 1 heterocycles. The molecule has 2 amide bonds. The van der Waals surface area contributed by atoms with E-state index in [1.54, 1.807) is 31.3 Å². The van der Waals surface area contributed by atoms with Crippen LogP contribution < -0.4 is 30.3 Å². The van der Waals surface area contributed by atoms with Crippen LogP contribution in [0.1, 0.15) is 36.6 Å². The molecule has 0 spiro atoms. The predicted molar refractivity (Wildman–Crippen MR) is 156 cm³/mol. The number of hydrogen-bond donors (Lipinski definition) is 4. The molecule has 0 fully saturated rings. The first kappa shape index (κ1) is 29.9. The predicted octanol–water partition coefficient (Wildman–Crippen LogP) is 3.79. The Bertz CT molecular complexity index is 1420. The molecular formula is C31H34N4O7. The van der Waals surface area contributed by atoms with Gasteiger partial charge in [-0.15, -0.1) is 0 Å². The van der Waals surface area contributed by atoms with Crippen LogP contribution in [0.25, 0.3) is 0 Å². The lowest BCUT2D eigenvalue weighted by Gasteiger charge is -2.28. The second-order valence-electron chi connectivity index (χ2n) is 9.26. The number of methoxy groups -OCH3 is 1. The average molecular weight is 575 g/mol. The quantitative estimate of drug-likeness (QED) is 0.105. The zero-order valence-electron chi connectivity index (χ0n) is 23.6. The van der Waals surface area contributed by atoms with Crippen LogP contribution in [0.3, 0.4) is 0 Å². The highest BCUT2D eigenvalue weighted by molar-refractivity contribution is 5.95. The lowest BCUT2D eigenvalue weighted by molar-refractivity contribution is -0.136. The Hall–Kier alpha value is -5.03. The van der Waals surface area contributed by atoms with Crippen molar-refractivity contribution in [2.75, 3.05) is 20.3 Å². The van der Waals surface area contributed by atoms with Gasteiger partial charge in [-0.2, -0.15) is 5.10 Å². The van der Waals surface area contributed by atoms with E-state index in [9.17, 15) is 14.7 Å². The van der Waals surface area contributed by atoms with Gasteiger partial charge in [-0.05, 0) is 66.9 Å². The Morgan fingerprint density at radius 1 is 1.05 bits per heavy atom. The van der Waals surface area contributed by atoms with E-state index >= 15 is 0 Å². The second kappa shape index (κ2) is 14.6. The Morgan fingerprint density at radius 3 is 2.52 bits per heavy atom. The van der Waals surface area contributed by atoms with Crippen LogP contribution in [0.15, 0.2) is 89.2 Å². The zero-order valence-corrected chi connectivity index (χ0v) is 23.6. The first-order valence-corrected chi connectivity index (χ1v) is 13.4. The van der Waals surface area contributed by atoms with Crippen molar-refractivity contribution in [2.24, 2.45) is 5.10 Å². The van der Waals surface area contributed by atoms with Gasteiger partial charge in [0.1, 0.15) is 19.0 Å². The molecule has 0 unspecified atom stereocenters. The summed E-state index contributed by atoms with van der Waals surface area (Å²) < 4.78 is 22.2. The molecule has 42 heavy (non-hydrogen) atoms. The molecule has 220 valence electrons. The van der Waals surface area contributed by atoms with Crippen LogP contribution in [0.4, 0.5) is 4.79 Å². The maximum atomic E-state index is 12.4. The summed E-state index contributed by atoms with van der Waals surface area (Å²) in [7, 11) is 1.28. The molecule has 4 rings (SSSR count). The van der Waals surface area contributed by atoms with Gasteiger partial charge in [-0.25, -0.2) is 9.59 Å². The molecule has 0 bridgehead atoms. The van der Waals surface area contributed by atoms with Gasteiger partial charge in [0.15, 0.2) is 17.7 Å². The highest BCUT2D eigenvalue weighted by Crippen LogP contribution is 2.34. The fraction of sp³-hybridized carbons (Fsp3) is 0.258. The molecule has 0 aromatic heterocycles. The maximum absolute atomic E-state index is 12.4. The lowest BCUT2D eigenvalue weighted by atomic mass is 9.95. The van der Waals surface area contributed by atoms with Gasteiger partial charge in [-0.1, -0.05) is 36.4 Å². The molecule has 2 atom stereocenters. The molecule has 0 saturated carbocycles. The third kappa shape index (κ3) is 8.01. The summed E-state index contributed by atoms with van der Waals surface area (Å²) in [6, 6.07) is 21.2. The number of hydrogen-bond acceptors (Lipinski definition) is 9. The molecule has 4 N–H and O–H groups in total. The number of esters is 1. The van der Waals surface area contributed by atoms with Crippen LogP contribution in [0.2, 0.25) is 0 Å². The largest absolute Gasteiger partial charge is 0.490 e. The van der Waals surface area contributed by atoms with Crippen LogP contribution in [0, 0.1) is 0 Å². The molecule has 1 aliphatic heterocycles. The molecule has 3 aromatic carbocycles. The van der Waals surface area contributed by atoms with Crippen molar-refractivity contribution in [3.05, 3.63) is 101 Å². The van der Waals surface area contributed by atoms with Crippen molar-refractivity contribution in [1.82, 2.24) is 16.1 Å². The first-order valence-electron chi connectivity index (χ1n) is 13.4. The minimum absolute atomic E-state index is 0.125. The number of carbonyl (C=O) groups is 2. The third-order valence-corrected chi connectivity index (χ3v) is 6.24. The number of nitrogens with one attached hydrogen (secondary N) is 3. The average Bonchev–Trinajstić information content (AvgIpc) is 3.00. The number of urea groups is 1. The normalized spacial score (nSPS) is 15.4. The minimum Gasteiger partial charge on any atom is -0.490 e. The van der Waals surface area contributed by atoms with Gasteiger partial charge in [0.2, 0.25) is 0 Å². The zero-order chi connectivity index (χ0) is 29.9. The van der Waals surface area contributed by atoms with Crippen molar-refractivity contribution in [3.8, 4) is 17.2 Å². The Morgan fingerprint density at radius 2 is 1.81 bits per heavy atom. The third-order valence-electron chi connectivity index (χ3n) is 6.24. The van der Waals surface area contributed by atoms with E-state index in [4.69, 9.17) is 18.9 Å². The number of hydrazone groups is 1. The van der Waals surface area contributed by atoms with Crippen molar-refractivity contribution in [1.29, 1.82) is 0 Å². The number of carbonyl (C=O) groups excluding carboxylic acids is 2. The lowest BCUT2D eigenvalue weighted by Crippen LogP contribution is -2.45. The molecule has 0 radical (unpaired) electrons. The number of nitrogens with zero attached hydrogens (tertiary/aromatic N) is 1. The van der Waals surface area contributed by atoms with Crippen LogP contribution in [0.5, 0.6) is 17.2 Å². The van der Waals surface area contributed by atoms with Gasteiger partial charge in [0.25, 0.3) is 0 Å². The summed E-state index contributed by atoms with van der Waals surface area (Å²) in [5, 5.41) is 19.8. The number of aliphatic hydroxyl groups excluding tert-OH is 1. The topological polar surface area (TPSA) is 140 Å². The monoisotopic (exact) mass is 574 g/mol. The second-order valence-corrected chi connectivity index (χ2v) is 9.26. The molecule has 3 aromatic rings. The highest BCUT2D eigenvalue weighted by atomic mass is 16.5. The number of amides is 2. The summed E-state index contributed by atoms with van der Waals surface area (Å²) in [6.07, 6.45) is 0.468. The molecule has 0 aliphatic carbocycles. The van der Waals surface area contributed by atoms with Gasteiger partial charge in [0, 0.05) is 5.70 Å². The van der Waals surface area contributed by atoms with Gasteiger partial charge in [-0.3, -0.25) is 5.43 Å². The first-order chi connectivity index (χ1) is 20.4. The SMILES string of the molecule is CCOc1cc([C@H]2NC(=O)NC(C)=C2C(=O)OC)ccc1OC[C@H](O)N/N=C\c1ccc(OCc2ccccc2)cc1. The van der Waals surface area contributed by atoms with E-state index in [0.717, 1.165) is 16.9 Å². The number of ether oxygens (including phenoxy) is 4. The van der Waals surface area contributed by atoms with Gasteiger partial charge < -0.3 is 34.7 Å². The van der Waals surface area contributed by atoms with Crippen molar-refractivity contribution < 1.29 is 33.6 Å². The van der Waals surface area contributed by atoms with Crippen LogP contribution in [-0.4, -0.2) is 49.9 Å². The number of rotatable bonds is 13. The van der Waals surface area contributed by atoms with Gasteiger partial charge >= 0.3 is 12.0 Å². The standard InChI is InChI=1S/C31H34N4O7/c1-4-40-26-16-23(29-28(30(37)39-3)20(2)33-31(38)34-29)12-15-25(26)42-19-27(36)35-32-17-21-10-13-24(14-11-21)41-18-22-8-6-5-7-9-22/h5-17,27,29,35-36H,4,18-19H2,1-3H3,(H2,33,34,38)/b32-17-/t27-,29+/m0/s1. The van der Waals surface area contributed by atoms with Crippen LogP contribution in [-0.2, 0) is 16.1 Å². The molecular weight excluding hydrogens is 540 g/mol. The number of benzene rings is 3. The fourth-order valence-corrected chi connectivity index (χ4v) is 4.21. The van der Waals surface area contributed by atoms with E-state index in [1.165, 1.54) is 7.11 Å². The van der Waals surface area contributed by atoms with Crippen molar-refractivity contribution in [2.45, 2.75) is 32.7 Å². The van der Waals surface area contributed by atoms with Gasteiger partial charge in [0.05, 0.1) is 31.5 Å². The maximum Gasteiger partial charge on any atom is 0.337 e. The smallest absolute Gasteiger partial charge is 0.337 e. The summed E-state index contributed by atoms with van der Waals surface area (Å²) in [4.78, 5) is 24.5. The minimum atomic E-state index is -1.11. The molecule has 11 nitrogen and oxygen atoms in total. The number of allylic oxidation sites excluding steroid dienone is 1. The molecule has 0 saturated heterocycles. The fourth-order valence-electron chi connectivity index (χ4n) is 4.21. The van der Waals surface area contributed by atoms with E-state index in [0.29, 0.717) is 36.0 Å². The summed E-state index contributed by atoms with van der Waals surface area (Å²) >= 11 is 0. The van der Waals surface area contributed by atoms with E-state index in [-0.39, 0.29) is 12.2 Å². The Labute approximate surface area is 244 Å². The van der Waals surface area contributed by atoms with Crippen LogP contribution >= 0.6 is 0 Å². The number of aliphatic hydroxyl groups is 1. The van der Waals surface area contributed by atoms with E-state index in [1.807, 2.05) is 61.5 Å². The molecule has 1 aliphatic rings.